The summed E-state index contributed by atoms with van der Waals surface area (Å²) in [5.41, 5.74) is 0.568. The lowest BCUT2D eigenvalue weighted by Crippen LogP contribution is -1.91. The molecule has 2 rings (SSSR count). The average Bonchev–Trinajstić information content (AvgIpc) is 2.71. The molecular formula is C11H8F2N2O. The van der Waals surface area contributed by atoms with Gasteiger partial charge in [0.25, 0.3) is 0 Å². The number of aromatic nitrogens is 2. The van der Waals surface area contributed by atoms with E-state index in [1.54, 1.807) is 0 Å². The van der Waals surface area contributed by atoms with Gasteiger partial charge in [0.05, 0.1) is 11.9 Å². The summed E-state index contributed by atoms with van der Waals surface area (Å²) in [5.74, 6) is -0.978. The largest absolute Gasteiger partial charge is 0.336 e. The number of halogens is 2. The summed E-state index contributed by atoms with van der Waals surface area (Å²) >= 11 is 0. The van der Waals surface area contributed by atoms with E-state index in [0.29, 0.717) is 6.29 Å². The minimum atomic E-state index is -0.556. The van der Waals surface area contributed by atoms with Gasteiger partial charge in [0.2, 0.25) is 0 Å². The lowest BCUT2D eigenvalue weighted by atomic mass is 10.1. The fraction of sp³-hybridized carbons (Fsp3) is 0.0909. The van der Waals surface area contributed by atoms with E-state index in [0.717, 1.165) is 12.1 Å². The highest BCUT2D eigenvalue weighted by atomic mass is 19.1. The van der Waals surface area contributed by atoms with Crippen LogP contribution >= 0.6 is 0 Å². The number of hydrogen-bond donors (Lipinski definition) is 1. The number of H-pyrrole nitrogens is 1. The summed E-state index contributed by atoms with van der Waals surface area (Å²) in [5, 5.41) is 0. The first-order valence-corrected chi connectivity index (χ1v) is 4.58. The van der Waals surface area contributed by atoms with Crippen molar-refractivity contribution < 1.29 is 13.6 Å². The number of imidazole rings is 1. The number of nitrogens with one attached hydrogen (secondary N) is 1. The average molecular weight is 222 g/mol. The Morgan fingerprint density at radius 3 is 2.69 bits per heavy atom. The van der Waals surface area contributed by atoms with Gasteiger partial charge in [-0.1, -0.05) is 0 Å². The fourth-order valence-corrected chi connectivity index (χ4v) is 1.39. The number of benzene rings is 1. The molecule has 0 radical (unpaired) electrons. The molecule has 2 aromatic rings. The van der Waals surface area contributed by atoms with Gasteiger partial charge < -0.3 is 4.98 Å². The van der Waals surface area contributed by atoms with Gasteiger partial charge in [0, 0.05) is 5.56 Å². The van der Waals surface area contributed by atoms with Gasteiger partial charge >= 0.3 is 0 Å². The highest BCUT2D eigenvalue weighted by molar-refractivity contribution is 5.72. The van der Waals surface area contributed by atoms with Gasteiger partial charge in [-0.2, -0.15) is 0 Å². The molecule has 0 aliphatic heterocycles. The Kier molecular flexibility index (Phi) is 2.52. The third-order valence-electron chi connectivity index (χ3n) is 2.25. The Hall–Kier alpha value is -2.04. The number of nitrogens with zero attached hydrogens (tertiary/aromatic N) is 1. The topological polar surface area (TPSA) is 45.8 Å². The predicted molar refractivity (Wildman–Crippen MR) is 54.1 cm³/mol. The normalized spacial score (nSPS) is 10.4. The third kappa shape index (κ3) is 1.71. The Balaban J connectivity index is 2.55. The van der Waals surface area contributed by atoms with Crippen molar-refractivity contribution in [3.05, 3.63) is 41.4 Å². The molecule has 5 heteroatoms. The van der Waals surface area contributed by atoms with E-state index >= 15 is 0 Å². The summed E-state index contributed by atoms with van der Waals surface area (Å²) in [6.07, 6.45) is 1.79. The van der Waals surface area contributed by atoms with Crippen molar-refractivity contribution in [1.82, 2.24) is 9.97 Å². The molecule has 1 heterocycles. The molecule has 0 saturated heterocycles. The Labute approximate surface area is 90.1 Å². The van der Waals surface area contributed by atoms with E-state index in [2.05, 4.69) is 9.97 Å². The van der Waals surface area contributed by atoms with E-state index in [-0.39, 0.29) is 22.6 Å². The van der Waals surface area contributed by atoms with Crippen LogP contribution in [0.3, 0.4) is 0 Å². The summed E-state index contributed by atoms with van der Waals surface area (Å²) in [7, 11) is 0. The summed E-state index contributed by atoms with van der Waals surface area (Å²) in [4.78, 5) is 16.7. The number of carbonyl (C=O) groups excluding carboxylic acids is 1. The van der Waals surface area contributed by atoms with E-state index in [1.165, 1.54) is 13.1 Å². The highest BCUT2D eigenvalue weighted by Crippen LogP contribution is 2.23. The quantitative estimate of drug-likeness (QED) is 0.793. The summed E-state index contributed by atoms with van der Waals surface area (Å²) < 4.78 is 26.8. The van der Waals surface area contributed by atoms with Crippen LogP contribution in [-0.2, 0) is 0 Å². The highest BCUT2D eigenvalue weighted by Gasteiger charge is 2.11. The van der Waals surface area contributed by atoms with Crippen molar-refractivity contribution >= 4 is 6.29 Å². The lowest BCUT2D eigenvalue weighted by Gasteiger charge is -2.02. The van der Waals surface area contributed by atoms with Crippen LogP contribution in [0.2, 0.25) is 0 Å². The van der Waals surface area contributed by atoms with Gasteiger partial charge in [0.15, 0.2) is 12.1 Å². The van der Waals surface area contributed by atoms with Gasteiger partial charge in [-0.25, -0.2) is 13.8 Å². The van der Waals surface area contributed by atoms with Gasteiger partial charge in [0.1, 0.15) is 11.6 Å². The zero-order valence-electron chi connectivity index (χ0n) is 8.42. The van der Waals surface area contributed by atoms with Crippen LogP contribution in [0.25, 0.3) is 11.3 Å². The second-order valence-electron chi connectivity index (χ2n) is 3.38. The minimum absolute atomic E-state index is 0.0590. The van der Waals surface area contributed by atoms with Crippen molar-refractivity contribution in [2.24, 2.45) is 0 Å². The molecule has 1 N–H and O–H groups in total. The van der Waals surface area contributed by atoms with E-state index in [4.69, 9.17) is 0 Å². The lowest BCUT2D eigenvalue weighted by molar-refractivity contribution is 0.111. The van der Waals surface area contributed by atoms with Crippen molar-refractivity contribution in [2.45, 2.75) is 6.92 Å². The molecule has 0 atom stereocenters. The molecule has 0 aliphatic carbocycles. The van der Waals surface area contributed by atoms with Crippen LogP contribution in [-0.4, -0.2) is 16.3 Å². The van der Waals surface area contributed by atoms with E-state index in [1.807, 2.05) is 0 Å². The zero-order valence-corrected chi connectivity index (χ0v) is 8.42. The van der Waals surface area contributed by atoms with Crippen molar-refractivity contribution in [2.75, 3.05) is 0 Å². The van der Waals surface area contributed by atoms with E-state index in [9.17, 15) is 13.6 Å². The molecule has 16 heavy (non-hydrogen) atoms. The zero-order chi connectivity index (χ0) is 11.7. The predicted octanol–water partition coefficient (Wildman–Crippen LogP) is 2.48. The smallest absolute Gasteiger partial charge is 0.185 e. The van der Waals surface area contributed by atoms with Crippen LogP contribution in [0.5, 0.6) is 0 Å². The number of carbonyl (C=O) groups is 1. The number of rotatable bonds is 2. The second kappa shape index (κ2) is 3.84. The molecular weight excluding hydrogens is 214 g/mol. The SMILES string of the molecule is Cc1cc(F)c(-c2cnc(C=O)[nH]2)cc1F. The van der Waals surface area contributed by atoms with E-state index < -0.39 is 11.6 Å². The third-order valence-corrected chi connectivity index (χ3v) is 2.25. The first-order valence-electron chi connectivity index (χ1n) is 4.58. The molecule has 0 unspecified atom stereocenters. The molecule has 0 aliphatic rings. The maximum atomic E-state index is 13.5. The number of aryl methyl sites for hydroxylation is 1. The number of aromatic amines is 1. The first-order chi connectivity index (χ1) is 7.61. The molecule has 0 amide bonds. The maximum absolute atomic E-state index is 13.5. The standard InChI is InChI=1S/C11H8F2N2O/c1-6-2-9(13)7(3-8(6)12)10-4-14-11(5-16)15-10/h2-5H,1H3,(H,14,15). The van der Waals surface area contributed by atoms with Crippen LogP contribution < -0.4 is 0 Å². The Morgan fingerprint density at radius 1 is 1.31 bits per heavy atom. The monoisotopic (exact) mass is 222 g/mol. The molecule has 3 nitrogen and oxygen atoms in total. The number of hydrogen-bond acceptors (Lipinski definition) is 2. The first kappa shape index (κ1) is 10.5. The molecule has 1 aromatic heterocycles. The van der Waals surface area contributed by atoms with Crippen LogP contribution in [0.1, 0.15) is 16.2 Å². The van der Waals surface area contributed by atoms with Crippen molar-refractivity contribution in [1.29, 1.82) is 0 Å². The maximum Gasteiger partial charge on any atom is 0.185 e. The fourth-order valence-electron chi connectivity index (χ4n) is 1.39. The van der Waals surface area contributed by atoms with Crippen molar-refractivity contribution in [3.8, 4) is 11.3 Å². The van der Waals surface area contributed by atoms with Crippen molar-refractivity contribution in [3.63, 3.8) is 0 Å². The molecule has 0 saturated carbocycles. The minimum Gasteiger partial charge on any atom is -0.336 e. The number of aldehydes is 1. The second-order valence-corrected chi connectivity index (χ2v) is 3.38. The van der Waals surface area contributed by atoms with Gasteiger partial charge in [-0.05, 0) is 24.6 Å². The Bertz CT molecular complexity index is 549. The molecule has 0 fully saturated rings. The summed E-state index contributed by atoms with van der Waals surface area (Å²) in [6, 6.07) is 2.18. The van der Waals surface area contributed by atoms with Crippen LogP contribution in [0, 0.1) is 18.6 Å². The molecule has 0 bridgehead atoms. The van der Waals surface area contributed by atoms with Crippen LogP contribution in [0.4, 0.5) is 8.78 Å². The van der Waals surface area contributed by atoms with Gasteiger partial charge in [-0.15, -0.1) is 0 Å². The molecule has 82 valence electrons. The molecule has 1 aromatic carbocycles. The molecule has 0 spiro atoms. The summed E-state index contributed by atoms with van der Waals surface area (Å²) in [6.45, 7) is 1.48. The Morgan fingerprint density at radius 2 is 2.06 bits per heavy atom. The van der Waals surface area contributed by atoms with Gasteiger partial charge in [-0.3, -0.25) is 4.79 Å². The van der Waals surface area contributed by atoms with Crippen LogP contribution in [0.15, 0.2) is 18.3 Å².